The third-order valence-electron chi connectivity index (χ3n) is 5.84. The number of carbonyl (C=O) groups excluding carboxylic acids is 1. The standard InChI is InChI=1S/C23H19F3N4O/c1-13-7-9-15(10-8-13)20-19-17(27-22-28-21(23(24,25)26)29-30(20)22)11-16(12-18(19)31)14-5-3-2-4-6-14/h2-10,16,20H,11-12H2,1H3,(H,27,28,29)/t16-,20-/m1/s1. The van der Waals surface area contributed by atoms with Crippen molar-refractivity contribution >= 4 is 11.7 Å². The molecule has 0 spiro atoms. The van der Waals surface area contributed by atoms with Crippen LogP contribution in [-0.4, -0.2) is 20.5 Å². The van der Waals surface area contributed by atoms with Crippen molar-refractivity contribution in [2.24, 2.45) is 0 Å². The Kier molecular flexibility index (Phi) is 4.46. The maximum Gasteiger partial charge on any atom is 0.453 e. The Hall–Kier alpha value is -3.42. The lowest BCUT2D eigenvalue weighted by Gasteiger charge is -2.35. The van der Waals surface area contributed by atoms with E-state index in [0.29, 0.717) is 29.7 Å². The van der Waals surface area contributed by atoms with E-state index < -0.39 is 18.0 Å². The number of benzene rings is 2. The van der Waals surface area contributed by atoms with E-state index in [9.17, 15) is 18.0 Å². The Morgan fingerprint density at radius 2 is 1.71 bits per heavy atom. The lowest BCUT2D eigenvalue weighted by molar-refractivity contribution is -0.145. The van der Waals surface area contributed by atoms with Crippen molar-refractivity contribution in [2.75, 3.05) is 5.32 Å². The van der Waals surface area contributed by atoms with Gasteiger partial charge in [0.2, 0.25) is 5.95 Å². The summed E-state index contributed by atoms with van der Waals surface area (Å²) in [5.41, 5.74) is 3.82. The van der Waals surface area contributed by atoms with E-state index in [1.165, 1.54) is 4.68 Å². The highest BCUT2D eigenvalue weighted by Gasteiger charge is 2.43. The second-order valence-corrected chi connectivity index (χ2v) is 7.97. The summed E-state index contributed by atoms with van der Waals surface area (Å²) in [7, 11) is 0. The molecule has 5 rings (SSSR count). The van der Waals surface area contributed by atoms with Gasteiger partial charge in [0.25, 0.3) is 5.82 Å². The molecule has 0 bridgehead atoms. The molecule has 2 aromatic carbocycles. The van der Waals surface area contributed by atoms with Gasteiger partial charge in [0, 0.05) is 17.7 Å². The fraction of sp³-hybridized carbons (Fsp3) is 0.261. The summed E-state index contributed by atoms with van der Waals surface area (Å²) < 4.78 is 41.2. The minimum Gasteiger partial charge on any atom is -0.328 e. The molecule has 1 aromatic heterocycles. The van der Waals surface area contributed by atoms with Crippen LogP contribution in [0.15, 0.2) is 65.9 Å². The van der Waals surface area contributed by atoms with Crippen molar-refractivity contribution in [2.45, 2.75) is 37.9 Å². The fourth-order valence-electron chi connectivity index (χ4n) is 4.35. The van der Waals surface area contributed by atoms with E-state index in [2.05, 4.69) is 15.4 Å². The van der Waals surface area contributed by atoms with Crippen LogP contribution >= 0.6 is 0 Å². The van der Waals surface area contributed by atoms with Gasteiger partial charge in [0.1, 0.15) is 6.04 Å². The molecule has 2 atom stereocenters. The number of ketones is 1. The number of fused-ring (bicyclic) bond motifs is 1. The van der Waals surface area contributed by atoms with Crippen LogP contribution in [0.5, 0.6) is 0 Å². The maximum atomic E-state index is 13.3. The van der Waals surface area contributed by atoms with E-state index in [1.807, 2.05) is 61.5 Å². The van der Waals surface area contributed by atoms with Crippen LogP contribution in [0, 0.1) is 6.92 Å². The summed E-state index contributed by atoms with van der Waals surface area (Å²) in [5, 5.41) is 6.72. The van der Waals surface area contributed by atoms with E-state index >= 15 is 0 Å². The van der Waals surface area contributed by atoms with Crippen molar-refractivity contribution in [3.63, 3.8) is 0 Å². The molecule has 2 heterocycles. The molecular formula is C23H19F3N4O. The molecule has 5 nitrogen and oxygen atoms in total. The number of hydrogen-bond donors (Lipinski definition) is 1. The SMILES string of the molecule is Cc1ccc([C@@H]2C3=C(C[C@@H](c4ccccc4)CC3=O)Nc3nc(C(F)(F)F)nn32)cc1. The summed E-state index contributed by atoms with van der Waals surface area (Å²) in [4.78, 5) is 17.0. The third-order valence-corrected chi connectivity index (χ3v) is 5.84. The number of rotatable bonds is 2. The van der Waals surface area contributed by atoms with Gasteiger partial charge in [-0.25, -0.2) is 4.68 Å². The summed E-state index contributed by atoms with van der Waals surface area (Å²) in [6, 6.07) is 16.3. The molecule has 1 aliphatic carbocycles. The highest BCUT2D eigenvalue weighted by atomic mass is 19.4. The molecular weight excluding hydrogens is 405 g/mol. The molecule has 1 aliphatic heterocycles. The smallest absolute Gasteiger partial charge is 0.328 e. The Labute approximate surface area is 176 Å². The number of halogens is 3. The van der Waals surface area contributed by atoms with E-state index in [0.717, 1.165) is 11.1 Å². The normalized spacial score (nSPS) is 20.8. The van der Waals surface area contributed by atoms with Crippen LogP contribution in [0.3, 0.4) is 0 Å². The highest BCUT2D eigenvalue weighted by Crippen LogP contribution is 2.44. The van der Waals surface area contributed by atoms with Gasteiger partial charge in [-0.1, -0.05) is 60.2 Å². The quantitative estimate of drug-likeness (QED) is 0.628. The predicted molar refractivity (Wildman–Crippen MR) is 108 cm³/mol. The van der Waals surface area contributed by atoms with Gasteiger partial charge in [-0.3, -0.25) is 4.79 Å². The van der Waals surface area contributed by atoms with Gasteiger partial charge in [-0.05, 0) is 30.4 Å². The molecule has 2 aliphatic rings. The van der Waals surface area contributed by atoms with E-state index in [-0.39, 0.29) is 17.6 Å². The number of alkyl halides is 3. The molecule has 0 radical (unpaired) electrons. The first-order chi connectivity index (χ1) is 14.8. The largest absolute Gasteiger partial charge is 0.453 e. The molecule has 8 heteroatoms. The second-order valence-electron chi connectivity index (χ2n) is 7.97. The minimum absolute atomic E-state index is 0.00170. The number of nitrogens with one attached hydrogen (secondary N) is 1. The van der Waals surface area contributed by atoms with Gasteiger partial charge in [0.15, 0.2) is 5.78 Å². The van der Waals surface area contributed by atoms with Gasteiger partial charge in [0.05, 0.1) is 0 Å². The van der Waals surface area contributed by atoms with Crippen molar-refractivity contribution < 1.29 is 18.0 Å². The molecule has 3 aromatic rings. The van der Waals surface area contributed by atoms with Crippen LogP contribution < -0.4 is 5.32 Å². The monoisotopic (exact) mass is 424 g/mol. The topological polar surface area (TPSA) is 59.8 Å². The van der Waals surface area contributed by atoms with Crippen molar-refractivity contribution in [1.82, 2.24) is 14.8 Å². The molecule has 0 saturated carbocycles. The highest BCUT2D eigenvalue weighted by molar-refractivity contribution is 6.00. The Morgan fingerprint density at radius 1 is 1.00 bits per heavy atom. The summed E-state index contributed by atoms with van der Waals surface area (Å²) in [6.45, 7) is 1.93. The Morgan fingerprint density at radius 3 is 2.39 bits per heavy atom. The maximum absolute atomic E-state index is 13.3. The molecule has 0 unspecified atom stereocenters. The van der Waals surface area contributed by atoms with Crippen molar-refractivity contribution in [3.05, 3.63) is 88.4 Å². The number of carbonyl (C=O) groups is 1. The molecule has 1 N–H and O–H groups in total. The number of anilines is 1. The lowest BCUT2D eigenvalue weighted by Crippen LogP contribution is -2.33. The first-order valence-electron chi connectivity index (χ1n) is 10.00. The fourth-order valence-corrected chi connectivity index (χ4v) is 4.35. The second kappa shape index (κ2) is 7.08. The first-order valence-corrected chi connectivity index (χ1v) is 10.00. The summed E-state index contributed by atoms with van der Waals surface area (Å²) in [6.07, 6.45) is -3.87. The van der Waals surface area contributed by atoms with Crippen LogP contribution in [0.25, 0.3) is 0 Å². The Balaban J connectivity index is 1.63. The lowest BCUT2D eigenvalue weighted by atomic mass is 9.78. The van der Waals surface area contributed by atoms with Crippen LogP contribution in [0.2, 0.25) is 0 Å². The zero-order valence-electron chi connectivity index (χ0n) is 16.6. The zero-order valence-corrected chi connectivity index (χ0v) is 16.6. The average molecular weight is 424 g/mol. The molecule has 0 saturated heterocycles. The van der Waals surface area contributed by atoms with E-state index in [4.69, 9.17) is 0 Å². The predicted octanol–water partition coefficient (Wildman–Crippen LogP) is 5.02. The van der Waals surface area contributed by atoms with Crippen LogP contribution in [0.1, 0.15) is 47.3 Å². The molecule has 31 heavy (non-hydrogen) atoms. The molecule has 0 amide bonds. The zero-order chi connectivity index (χ0) is 21.8. The average Bonchev–Trinajstić information content (AvgIpc) is 3.18. The minimum atomic E-state index is -4.68. The van der Waals surface area contributed by atoms with Gasteiger partial charge >= 0.3 is 6.18 Å². The van der Waals surface area contributed by atoms with Gasteiger partial charge < -0.3 is 5.32 Å². The summed E-state index contributed by atoms with van der Waals surface area (Å²) in [5.74, 6) is -1.37. The number of nitrogens with zero attached hydrogens (tertiary/aromatic N) is 3. The van der Waals surface area contributed by atoms with Gasteiger partial charge in [-0.15, -0.1) is 5.10 Å². The molecule has 0 fully saturated rings. The van der Waals surface area contributed by atoms with Crippen LogP contribution in [-0.2, 0) is 11.0 Å². The van der Waals surface area contributed by atoms with Gasteiger partial charge in [-0.2, -0.15) is 18.2 Å². The third kappa shape index (κ3) is 3.41. The molecule has 158 valence electrons. The number of hydrogen-bond acceptors (Lipinski definition) is 4. The first kappa shape index (κ1) is 19.5. The number of aromatic nitrogens is 3. The summed E-state index contributed by atoms with van der Waals surface area (Å²) >= 11 is 0. The van der Waals surface area contributed by atoms with Crippen molar-refractivity contribution in [3.8, 4) is 0 Å². The van der Waals surface area contributed by atoms with Crippen LogP contribution in [0.4, 0.5) is 19.1 Å². The number of Topliss-reactive ketones (excluding diaryl/α,β-unsaturated/α-hetero) is 1. The van der Waals surface area contributed by atoms with Crippen molar-refractivity contribution in [1.29, 1.82) is 0 Å². The Bertz CT molecular complexity index is 1180. The number of aryl methyl sites for hydroxylation is 1. The van der Waals surface area contributed by atoms with E-state index in [1.54, 1.807) is 0 Å². The number of allylic oxidation sites excluding steroid dienone is 2.